The highest BCUT2D eigenvalue weighted by Crippen LogP contribution is 2.46. The van der Waals surface area contributed by atoms with E-state index < -0.39 is 5.97 Å². The quantitative estimate of drug-likeness (QED) is 0.428. The van der Waals surface area contributed by atoms with Crippen molar-refractivity contribution in [3.05, 3.63) is 69.5 Å². The van der Waals surface area contributed by atoms with E-state index in [9.17, 15) is 9.90 Å². The SMILES string of the molecule is O=C(O)c1ccnc(N2CCC(C=Cc3c(-c4c(Cl)cccc4Cl)noc3C3CC3)CC2)c1. The van der Waals surface area contributed by atoms with Gasteiger partial charge < -0.3 is 14.5 Å². The van der Waals surface area contributed by atoms with Gasteiger partial charge in [-0.05, 0) is 55.9 Å². The molecule has 0 unspecified atom stereocenters. The molecule has 0 atom stereocenters. The molecule has 1 aromatic carbocycles. The number of piperidine rings is 1. The Morgan fingerprint density at radius 1 is 1.12 bits per heavy atom. The fourth-order valence-corrected chi connectivity index (χ4v) is 4.87. The molecule has 0 bridgehead atoms. The number of hydrogen-bond acceptors (Lipinski definition) is 5. The zero-order valence-corrected chi connectivity index (χ0v) is 19.4. The maximum Gasteiger partial charge on any atom is 0.335 e. The highest BCUT2D eigenvalue weighted by Gasteiger charge is 2.32. The van der Waals surface area contributed by atoms with E-state index in [4.69, 9.17) is 27.7 Å². The van der Waals surface area contributed by atoms with E-state index in [0.29, 0.717) is 39.0 Å². The first-order valence-corrected chi connectivity index (χ1v) is 11.8. The van der Waals surface area contributed by atoms with E-state index in [1.807, 2.05) is 18.2 Å². The van der Waals surface area contributed by atoms with Gasteiger partial charge in [-0.2, -0.15) is 0 Å². The zero-order chi connectivity index (χ0) is 22.9. The Bertz CT molecular complexity index is 1190. The molecule has 170 valence electrons. The summed E-state index contributed by atoms with van der Waals surface area (Å²) in [7, 11) is 0. The van der Waals surface area contributed by atoms with Crippen LogP contribution in [0, 0.1) is 5.92 Å². The van der Waals surface area contributed by atoms with Crippen LogP contribution in [0.25, 0.3) is 17.3 Å². The van der Waals surface area contributed by atoms with Crippen molar-refractivity contribution in [1.82, 2.24) is 10.1 Å². The van der Waals surface area contributed by atoms with Crippen LogP contribution >= 0.6 is 23.2 Å². The van der Waals surface area contributed by atoms with Gasteiger partial charge in [0.05, 0.1) is 15.6 Å². The molecule has 3 aromatic rings. The Morgan fingerprint density at radius 3 is 2.52 bits per heavy atom. The largest absolute Gasteiger partial charge is 0.478 e. The van der Waals surface area contributed by atoms with Crippen molar-refractivity contribution in [2.45, 2.75) is 31.6 Å². The number of carbonyl (C=O) groups is 1. The van der Waals surface area contributed by atoms with Crippen molar-refractivity contribution in [3.63, 3.8) is 0 Å². The number of rotatable bonds is 6. The third kappa shape index (κ3) is 4.63. The van der Waals surface area contributed by atoms with Gasteiger partial charge in [-0.25, -0.2) is 9.78 Å². The van der Waals surface area contributed by atoms with Gasteiger partial charge in [-0.1, -0.05) is 46.6 Å². The normalized spacial score (nSPS) is 17.1. The summed E-state index contributed by atoms with van der Waals surface area (Å²) in [4.78, 5) is 17.7. The minimum Gasteiger partial charge on any atom is -0.478 e. The summed E-state index contributed by atoms with van der Waals surface area (Å²) in [6.45, 7) is 1.63. The lowest BCUT2D eigenvalue weighted by Crippen LogP contribution is -2.33. The van der Waals surface area contributed by atoms with Crippen molar-refractivity contribution in [3.8, 4) is 11.3 Å². The first-order valence-electron chi connectivity index (χ1n) is 11.1. The van der Waals surface area contributed by atoms with Crippen LogP contribution in [-0.2, 0) is 0 Å². The lowest BCUT2D eigenvalue weighted by Gasteiger charge is -2.31. The Morgan fingerprint density at radius 2 is 1.85 bits per heavy atom. The number of aromatic nitrogens is 2. The average molecular weight is 484 g/mol. The first kappa shape index (κ1) is 22.0. The number of carboxylic acid groups (broad SMARTS) is 1. The number of nitrogens with zero attached hydrogens (tertiary/aromatic N) is 3. The molecule has 1 aliphatic heterocycles. The van der Waals surface area contributed by atoms with E-state index in [1.54, 1.807) is 12.3 Å². The molecule has 33 heavy (non-hydrogen) atoms. The van der Waals surface area contributed by atoms with Crippen molar-refractivity contribution >= 4 is 41.1 Å². The molecule has 2 fully saturated rings. The molecule has 0 amide bonds. The number of hydrogen-bond donors (Lipinski definition) is 1. The fourth-order valence-electron chi connectivity index (χ4n) is 4.29. The lowest BCUT2D eigenvalue weighted by molar-refractivity contribution is 0.0696. The number of carboxylic acids is 1. The van der Waals surface area contributed by atoms with Crippen LogP contribution < -0.4 is 4.90 Å². The molecule has 1 saturated heterocycles. The second kappa shape index (κ2) is 9.20. The molecule has 1 aliphatic carbocycles. The van der Waals surface area contributed by atoms with Gasteiger partial charge in [0, 0.05) is 36.3 Å². The minimum absolute atomic E-state index is 0.257. The molecule has 0 radical (unpaired) electrons. The summed E-state index contributed by atoms with van der Waals surface area (Å²) in [6, 6.07) is 8.59. The first-order chi connectivity index (χ1) is 16.0. The Kier molecular flexibility index (Phi) is 6.13. The molecule has 2 aliphatic rings. The topological polar surface area (TPSA) is 79.5 Å². The summed E-state index contributed by atoms with van der Waals surface area (Å²) in [6.07, 6.45) is 9.99. The van der Waals surface area contributed by atoms with Gasteiger partial charge >= 0.3 is 5.97 Å². The highest BCUT2D eigenvalue weighted by atomic mass is 35.5. The fraction of sp³-hybridized carbons (Fsp3) is 0.320. The predicted octanol–water partition coefficient (Wildman–Crippen LogP) is 6.55. The molecule has 5 rings (SSSR count). The zero-order valence-electron chi connectivity index (χ0n) is 17.9. The third-order valence-electron chi connectivity index (χ3n) is 6.29. The molecule has 2 aromatic heterocycles. The number of halogens is 2. The van der Waals surface area contributed by atoms with Gasteiger partial charge in [-0.15, -0.1) is 0 Å². The molecular weight excluding hydrogens is 461 g/mol. The molecule has 1 N–H and O–H groups in total. The van der Waals surface area contributed by atoms with Crippen molar-refractivity contribution in [2.75, 3.05) is 18.0 Å². The van der Waals surface area contributed by atoms with Crippen LogP contribution in [0.4, 0.5) is 5.82 Å². The second-order valence-electron chi connectivity index (χ2n) is 8.57. The number of benzene rings is 1. The molecular formula is C25H23Cl2N3O3. The molecule has 0 spiro atoms. The van der Waals surface area contributed by atoms with E-state index in [0.717, 1.165) is 50.1 Å². The van der Waals surface area contributed by atoms with Gasteiger partial charge in [0.2, 0.25) is 0 Å². The summed E-state index contributed by atoms with van der Waals surface area (Å²) in [5.74, 6) is 1.47. The Hall–Kier alpha value is -2.83. The van der Waals surface area contributed by atoms with Crippen molar-refractivity contribution in [2.24, 2.45) is 5.92 Å². The van der Waals surface area contributed by atoms with Gasteiger partial charge in [0.15, 0.2) is 0 Å². The Labute approximate surface area is 201 Å². The smallest absolute Gasteiger partial charge is 0.335 e. The summed E-state index contributed by atoms with van der Waals surface area (Å²) in [5.41, 5.74) is 2.62. The van der Waals surface area contributed by atoms with Gasteiger partial charge in [-0.3, -0.25) is 0 Å². The molecule has 6 nitrogen and oxygen atoms in total. The summed E-state index contributed by atoms with van der Waals surface area (Å²) >= 11 is 12.9. The summed E-state index contributed by atoms with van der Waals surface area (Å²) in [5, 5.41) is 14.7. The van der Waals surface area contributed by atoms with Crippen LogP contribution in [0.15, 0.2) is 47.1 Å². The van der Waals surface area contributed by atoms with E-state index in [1.165, 1.54) is 6.07 Å². The van der Waals surface area contributed by atoms with E-state index >= 15 is 0 Å². The van der Waals surface area contributed by atoms with Crippen LogP contribution in [0.3, 0.4) is 0 Å². The lowest BCUT2D eigenvalue weighted by atomic mass is 9.94. The number of aromatic carboxylic acids is 1. The van der Waals surface area contributed by atoms with E-state index in [-0.39, 0.29) is 5.56 Å². The van der Waals surface area contributed by atoms with E-state index in [2.05, 4.69) is 27.2 Å². The summed E-state index contributed by atoms with van der Waals surface area (Å²) < 4.78 is 5.75. The average Bonchev–Trinajstić information content (AvgIpc) is 3.58. The Balaban J connectivity index is 1.34. The van der Waals surface area contributed by atoms with Crippen molar-refractivity contribution < 1.29 is 14.4 Å². The predicted molar refractivity (Wildman–Crippen MR) is 129 cm³/mol. The van der Waals surface area contributed by atoms with Gasteiger partial charge in [0.1, 0.15) is 17.3 Å². The van der Waals surface area contributed by atoms with Gasteiger partial charge in [0.25, 0.3) is 0 Å². The van der Waals surface area contributed by atoms with Crippen LogP contribution in [0.5, 0.6) is 0 Å². The second-order valence-corrected chi connectivity index (χ2v) is 9.39. The van der Waals surface area contributed by atoms with Crippen molar-refractivity contribution in [1.29, 1.82) is 0 Å². The number of allylic oxidation sites excluding steroid dienone is 1. The van der Waals surface area contributed by atoms with Crippen LogP contribution in [0.1, 0.15) is 53.3 Å². The molecule has 8 heteroatoms. The van der Waals surface area contributed by atoms with Crippen LogP contribution in [0.2, 0.25) is 10.0 Å². The van der Waals surface area contributed by atoms with Crippen LogP contribution in [-0.4, -0.2) is 34.3 Å². The highest BCUT2D eigenvalue weighted by molar-refractivity contribution is 6.39. The molecule has 1 saturated carbocycles. The molecule has 3 heterocycles. The monoisotopic (exact) mass is 483 g/mol. The number of pyridine rings is 1. The number of anilines is 1. The minimum atomic E-state index is -0.939. The standard InChI is InChI=1S/C25H23Cl2N3O3/c26-19-2-1-3-20(27)22(19)23-18(24(33-29-23)16-5-6-16)7-4-15-9-12-30(13-10-15)21-14-17(25(31)32)8-11-28-21/h1-4,7-8,11,14-16H,5-6,9-10,12-13H2,(H,31,32). The maximum absolute atomic E-state index is 11.3. The third-order valence-corrected chi connectivity index (χ3v) is 6.92. The maximum atomic E-state index is 11.3.